The Morgan fingerprint density at radius 3 is 2.39 bits per heavy atom. The fraction of sp³-hybridized carbons (Fsp3) is 0.241. The molecule has 0 bridgehead atoms. The molecular weight excluding hydrogens is 474 g/mol. The van der Waals surface area contributed by atoms with E-state index in [1.54, 1.807) is 31.4 Å². The van der Waals surface area contributed by atoms with Gasteiger partial charge in [0.1, 0.15) is 11.5 Å². The molecule has 0 spiro atoms. The molecule has 0 saturated heterocycles. The number of methoxy groups -OCH3 is 2. The molecule has 1 fully saturated rings. The van der Waals surface area contributed by atoms with E-state index in [1.807, 2.05) is 60.7 Å². The van der Waals surface area contributed by atoms with Crippen LogP contribution in [-0.2, 0) is 0 Å². The van der Waals surface area contributed by atoms with Crippen LogP contribution in [0, 0.1) is 5.92 Å². The van der Waals surface area contributed by atoms with Gasteiger partial charge in [0.05, 0.1) is 26.0 Å². The highest BCUT2D eigenvalue weighted by molar-refractivity contribution is 6.30. The van der Waals surface area contributed by atoms with Crippen molar-refractivity contribution in [1.82, 2.24) is 5.01 Å². The summed E-state index contributed by atoms with van der Waals surface area (Å²) in [6.45, 7) is 0. The average Bonchev–Trinajstić information content (AvgIpc) is 3.30. The lowest BCUT2D eigenvalue weighted by molar-refractivity contribution is 0.188. The summed E-state index contributed by atoms with van der Waals surface area (Å²) < 4.78 is 10.6. The molecule has 3 aromatic rings. The highest BCUT2D eigenvalue weighted by atomic mass is 35.5. The number of urea groups is 1. The van der Waals surface area contributed by atoms with Gasteiger partial charge in [-0.05, 0) is 84.5 Å². The fourth-order valence-electron chi connectivity index (χ4n) is 4.95. The zero-order valence-corrected chi connectivity index (χ0v) is 21.0. The predicted molar refractivity (Wildman–Crippen MR) is 144 cm³/mol. The monoisotopic (exact) mass is 501 g/mol. The maximum Gasteiger partial charge on any atom is 0.342 e. The Morgan fingerprint density at radius 1 is 1.03 bits per heavy atom. The lowest BCUT2D eigenvalue weighted by Crippen LogP contribution is -2.34. The van der Waals surface area contributed by atoms with Crippen molar-refractivity contribution in [3.05, 3.63) is 94.5 Å². The number of carbonyl (C=O) groups excluding carboxylic acids is 1. The van der Waals surface area contributed by atoms with Gasteiger partial charge in [0.2, 0.25) is 0 Å². The second kappa shape index (κ2) is 10.5. The van der Waals surface area contributed by atoms with Crippen molar-refractivity contribution in [1.29, 1.82) is 0 Å². The summed E-state index contributed by atoms with van der Waals surface area (Å²) >= 11 is 6.14. The van der Waals surface area contributed by atoms with Gasteiger partial charge in [-0.1, -0.05) is 41.9 Å². The number of anilines is 1. The van der Waals surface area contributed by atoms with Crippen LogP contribution in [0.1, 0.15) is 36.4 Å². The number of hydrogen-bond donors (Lipinski definition) is 1. The van der Waals surface area contributed by atoms with Gasteiger partial charge in [0, 0.05) is 16.6 Å². The first-order valence-electron chi connectivity index (χ1n) is 12.0. The van der Waals surface area contributed by atoms with Crippen LogP contribution in [0.5, 0.6) is 11.5 Å². The van der Waals surface area contributed by atoms with Crippen LogP contribution < -0.4 is 14.8 Å². The minimum absolute atomic E-state index is 0.0988. The van der Waals surface area contributed by atoms with Crippen LogP contribution >= 0.6 is 11.6 Å². The predicted octanol–water partition coefficient (Wildman–Crippen LogP) is 7.19. The first-order chi connectivity index (χ1) is 17.6. The maximum atomic E-state index is 13.5. The average molecular weight is 502 g/mol. The molecule has 184 valence electrons. The van der Waals surface area contributed by atoms with Gasteiger partial charge in [0.25, 0.3) is 0 Å². The number of allylic oxidation sites excluding steroid dienone is 1. The van der Waals surface area contributed by atoms with E-state index < -0.39 is 0 Å². The van der Waals surface area contributed by atoms with E-state index in [0.29, 0.717) is 10.7 Å². The van der Waals surface area contributed by atoms with E-state index >= 15 is 0 Å². The van der Waals surface area contributed by atoms with Crippen LogP contribution in [0.3, 0.4) is 0 Å². The second-order valence-electron chi connectivity index (χ2n) is 8.93. The Balaban J connectivity index is 1.51. The summed E-state index contributed by atoms with van der Waals surface area (Å²) in [7, 11) is 3.31. The van der Waals surface area contributed by atoms with Crippen LogP contribution in [-0.4, -0.2) is 31.0 Å². The number of amides is 2. The molecule has 0 radical (unpaired) electrons. The topological polar surface area (TPSA) is 63.2 Å². The number of benzene rings is 3. The van der Waals surface area contributed by atoms with E-state index in [9.17, 15) is 4.79 Å². The van der Waals surface area contributed by atoms with Gasteiger partial charge in [-0.25, -0.2) is 9.80 Å². The van der Waals surface area contributed by atoms with Gasteiger partial charge in [-0.15, -0.1) is 0 Å². The summed E-state index contributed by atoms with van der Waals surface area (Å²) in [5.74, 6) is 1.69. The van der Waals surface area contributed by atoms with Crippen molar-refractivity contribution >= 4 is 35.1 Å². The highest BCUT2D eigenvalue weighted by Crippen LogP contribution is 2.45. The van der Waals surface area contributed by atoms with Gasteiger partial charge < -0.3 is 14.8 Å². The molecule has 1 N–H and O–H groups in total. The molecule has 2 atom stereocenters. The van der Waals surface area contributed by atoms with Crippen LogP contribution in [0.2, 0.25) is 5.02 Å². The van der Waals surface area contributed by atoms with Crippen LogP contribution in [0.15, 0.2) is 83.5 Å². The number of hydrogen-bond acceptors (Lipinski definition) is 4. The zero-order chi connectivity index (χ0) is 25.1. The first-order valence-corrected chi connectivity index (χ1v) is 12.4. The smallest absolute Gasteiger partial charge is 0.342 e. The van der Waals surface area contributed by atoms with E-state index in [1.165, 1.54) is 0 Å². The Hall–Kier alpha value is -3.77. The lowest BCUT2D eigenvalue weighted by atomic mass is 9.77. The van der Waals surface area contributed by atoms with E-state index in [-0.39, 0.29) is 18.0 Å². The number of carbonyl (C=O) groups is 1. The minimum Gasteiger partial charge on any atom is -0.497 e. The first kappa shape index (κ1) is 23.9. The van der Waals surface area contributed by atoms with Crippen molar-refractivity contribution in [2.45, 2.75) is 25.3 Å². The van der Waals surface area contributed by atoms with Gasteiger partial charge >= 0.3 is 6.03 Å². The number of nitrogens with one attached hydrogen (secondary N) is 1. The van der Waals surface area contributed by atoms with Gasteiger partial charge in [-0.3, -0.25) is 0 Å². The van der Waals surface area contributed by atoms with Crippen LogP contribution in [0.4, 0.5) is 10.5 Å². The molecule has 7 heteroatoms. The van der Waals surface area contributed by atoms with Crippen LogP contribution in [0.25, 0.3) is 6.08 Å². The molecule has 2 amide bonds. The number of fused-ring (bicyclic) bond motifs is 1. The van der Waals surface area contributed by atoms with E-state index in [2.05, 4.69) is 11.4 Å². The highest BCUT2D eigenvalue weighted by Gasteiger charge is 2.43. The Labute approximate surface area is 216 Å². The molecule has 5 rings (SSSR count). The van der Waals surface area contributed by atoms with Crippen molar-refractivity contribution in [3.63, 3.8) is 0 Å². The minimum atomic E-state index is -0.288. The van der Waals surface area contributed by atoms with Crippen molar-refractivity contribution in [2.24, 2.45) is 11.0 Å². The molecule has 0 unspecified atom stereocenters. The molecule has 36 heavy (non-hydrogen) atoms. The molecule has 2 aliphatic rings. The summed E-state index contributed by atoms with van der Waals surface area (Å²) in [5, 5.41) is 10.0. The summed E-state index contributed by atoms with van der Waals surface area (Å²) in [6, 6.07) is 22.5. The van der Waals surface area contributed by atoms with Crippen molar-refractivity contribution in [3.8, 4) is 11.5 Å². The number of hydrazone groups is 1. The second-order valence-corrected chi connectivity index (χ2v) is 9.37. The number of halogens is 1. The van der Waals surface area contributed by atoms with Gasteiger partial charge in [0.15, 0.2) is 0 Å². The third-order valence-corrected chi connectivity index (χ3v) is 6.93. The standard InChI is InChI=1S/C29H28ClN3O3/c1-35-24-13-9-19(10-14-24)17-21-5-3-8-26-27(21)32-33(28(26)20-11-15-25(36-2)16-12-20)29(34)31-23-7-4-6-22(30)18-23/h4,6-7,9-18,26,28H,3,5,8H2,1-2H3,(H,31,34)/b21-17-/t26-,28+/m1/s1. The molecule has 3 aromatic carbocycles. The fourth-order valence-corrected chi connectivity index (χ4v) is 5.14. The molecule has 1 aliphatic heterocycles. The Bertz CT molecular complexity index is 1300. The van der Waals surface area contributed by atoms with E-state index in [0.717, 1.165) is 53.2 Å². The number of ether oxygens (including phenoxy) is 2. The summed E-state index contributed by atoms with van der Waals surface area (Å²) in [5.41, 5.74) is 4.86. The van der Waals surface area contributed by atoms with E-state index in [4.69, 9.17) is 26.2 Å². The van der Waals surface area contributed by atoms with Crippen molar-refractivity contribution < 1.29 is 14.3 Å². The number of nitrogens with zero attached hydrogens (tertiary/aromatic N) is 2. The normalized spacial score (nSPS) is 20.0. The van der Waals surface area contributed by atoms with Gasteiger partial charge in [-0.2, -0.15) is 5.10 Å². The Morgan fingerprint density at radius 2 is 1.72 bits per heavy atom. The largest absolute Gasteiger partial charge is 0.497 e. The third-order valence-electron chi connectivity index (χ3n) is 6.70. The third kappa shape index (κ3) is 4.95. The molecule has 1 saturated carbocycles. The quantitative estimate of drug-likeness (QED) is 0.402. The summed E-state index contributed by atoms with van der Waals surface area (Å²) in [4.78, 5) is 13.5. The maximum absolute atomic E-state index is 13.5. The molecule has 6 nitrogen and oxygen atoms in total. The molecule has 1 heterocycles. The molecular formula is C29H28ClN3O3. The van der Waals surface area contributed by atoms with Crippen molar-refractivity contribution in [2.75, 3.05) is 19.5 Å². The molecule has 0 aromatic heterocycles. The molecule has 1 aliphatic carbocycles. The summed E-state index contributed by atoms with van der Waals surface area (Å²) in [6.07, 6.45) is 5.08. The zero-order valence-electron chi connectivity index (χ0n) is 20.3. The Kier molecular flexibility index (Phi) is 6.96. The number of rotatable bonds is 5. The lowest BCUT2D eigenvalue weighted by Gasteiger charge is -2.29. The SMILES string of the molecule is COc1ccc(/C=C2/CCC[C@@H]3C2=NN(C(=O)Nc2cccc(Cl)c2)[C@H]3c2ccc(OC)cc2)cc1.